The van der Waals surface area contributed by atoms with Gasteiger partial charge in [-0.3, -0.25) is 19.8 Å². The molecule has 1 aliphatic heterocycles. The minimum absolute atomic E-state index is 0.0198. The van der Waals surface area contributed by atoms with E-state index >= 15 is 0 Å². The number of nitrogens with zero attached hydrogens (tertiary/aromatic N) is 3. The van der Waals surface area contributed by atoms with E-state index in [0.29, 0.717) is 26.5 Å². The quantitative estimate of drug-likeness (QED) is 0.218. The summed E-state index contributed by atoms with van der Waals surface area (Å²) in [5.41, 5.74) is 2.25. The number of rotatable bonds is 7. The molecular weight excluding hydrogens is 490 g/mol. The summed E-state index contributed by atoms with van der Waals surface area (Å²) >= 11 is 7.68. The molecule has 35 heavy (non-hydrogen) atoms. The molecule has 0 saturated carbocycles. The number of nitro benzene ring substituents is 1. The molecule has 0 N–H and O–H groups in total. The van der Waals surface area contributed by atoms with Gasteiger partial charge in [0, 0.05) is 19.2 Å². The first-order valence-corrected chi connectivity index (χ1v) is 11.6. The average Bonchev–Trinajstić information content (AvgIpc) is 3.12. The number of methoxy groups -OCH3 is 1. The zero-order valence-corrected chi connectivity index (χ0v) is 20.4. The molecule has 0 atom stereocenters. The van der Waals surface area contributed by atoms with Crippen LogP contribution >= 0.6 is 23.4 Å². The molecule has 10 heteroatoms. The number of carbonyl (C=O) groups is 1. The topological polar surface area (TPSA) is 94.3 Å². The fraction of sp³-hybridized carbons (Fsp3) is 0.120. The summed E-state index contributed by atoms with van der Waals surface area (Å²) in [6.45, 7) is 0.211. The van der Waals surface area contributed by atoms with Crippen LogP contribution in [0.5, 0.6) is 11.5 Å². The number of likely N-dealkylation sites (N-methyl/N-ethyl adjacent to an activating group) is 1. The monoisotopic (exact) mass is 509 g/mol. The van der Waals surface area contributed by atoms with Gasteiger partial charge < -0.3 is 9.47 Å². The Labute approximate surface area is 211 Å². The number of nitro groups is 1. The molecular formula is C25H20ClN3O5S. The van der Waals surface area contributed by atoms with Crippen molar-refractivity contribution in [1.29, 1.82) is 0 Å². The van der Waals surface area contributed by atoms with Gasteiger partial charge in [0.15, 0.2) is 5.17 Å². The number of amidine groups is 1. The molecule has 8 nitrogen and oxygen atoms in total. The van der Waals surface area contributed by atoms with Crippen LogP contribution in [-0.2, 0) is 11.4 Å². The van der Waals surface area contributed by atoms with Crippen molar-refractivity contribution in [2.24, 2.45) is 4.99 Å². The second-order valence-corrected chi connectivity index (χ2v) is 8.89. The maximum absolute atomic E-state index is 12.7. The third-order valence-corrected chi connectivity index (χ3v) is 6.45. The Kier molecular flexibility index (Phi) is 7.38. The first-order valence-electron chi connectivity index (χ1n) is 10.4. The number of thioether (sulfide) groups is 1. The number of hydrogen-bond donors (Lipinski definition) is 0. The van der Waals surface area contributed by atoms with Gasteiger partial charge in [0.1, 0.15) is 18.1 Å². The van der Waals surface area contributed by atoms with Crippen LogP contribution in [0.2, 0.25) is 5.02 Å². The second-order valence-electron chi connectivity index (χ2n) is 7.47. The molecule has 1 fully saturated rings. The summed E-state index contributed by atoms with van der Waals surface area (Å²) < 4.78 is 10.9. The van der Waals surface area contributed by atoms with Crippen molar-refractivity contribution in [2.75, 3.05) is 14.2 Å². The van der Waals surface area contributed by atoms with Gasteiger partial charge >= 0.3 is 0 Å². The third-order valence-electron chi connectivity index (χ3n) is 5.10. The van der Waals surface area contributed by atoms with Crippen LogP contribution in [0.15, 0.2) is 76.6 Å². The number of carbonyl (C=O) groups excluding carboxylic acids is 1. The van der Waals surface area contributed by atoms with Crippen LogP contribution in [0.1, 0.15) is 11.1 Å². The Balaban J connectivity index is 1.45. The second kappa shape index (κ2) is 10.6. The zero-order chi connectivity index (χ0) is 24.9. The molecule has 0 unspecified atom stereocenters. The summed E-state index contributed by atoms with van der Waals surface area (Å²) in [5, 5.41) is 11.7. The summed E-state index contributed by atoms with van der Waals surface area (Å²) in [7, 11) is 3.28. The fourth-order valence-electron chi connectivity index (χ4n) is 3.17. The van der Waals surface area contributed by atoms with Crippen LogP contribution in [0, 0.1) is 10.1 Å². The van der Waals surface area contributed by atoms with Gasteiger partial charge in [-0.2, -0.15) is 0 Å². The number of hydrogen-bond acceptors (Lipinski definition) is 7. The van der Waals surface area contributed by atoms with Gasteiger partial charge in [0.05, 0.1) is 27.6 Å². The molecule has 0 aliphatic carbocycles. The third kappa shape index (κ3) is 5.82. The predicted molar refractivity (Wildman–Crippen MR) is 137 cm³/mol. The summed E-state index contributed by atoms with van der Waals surface area (Å²) in [4.78, 5) is 29.6. The first kappa shape index (κ1) is 24.3. The minimum Gasteiger partial charge on any atom is -0.497 e. The van der Waals surface area contributed by atoms with E-state index in [4.69, 9.17) is 21.1 Å². The molecule has 0 spiro atoms. The highest BCUT2D eigenvalue weighted by Crippen LogP contribution is 2.35. The SMILES string of the molecule is COc1ccc(N=C2S/C(=C/c3ccc(OCc4ccc([N+](=O)[O-])cc4)c(Cl)c3)C(=O)N2C)cc1. The highest BCUT2D eigenvalue weighted by molar-refractivity contribution is 8.18. The van der Waals surface area contributed by atoms with Crippen LogP contribution in [0.25, 0.3) is 6.08 Å². The van der Waals surface area contributed by atoms with Crippen molar-refractivity contribution in [2.45, 2.75) is 6.61 Å². The molecule has 4 rings (SSSR count). The molecule has 1 aliphatic rings. The molecule has 0 aromatic heterocycles. The van der Waals surface area contributed by atoms with Gasteiger partial charge in [-0.1, -0.05) is 17.7 Å². The van der Waals surface area contributed by atoms with E-state index in [1.165, 1.54) is 28.8 Å². The average molecular weight is 510 g/mol. The predicted octanol–water partition coefficient (Wildman–Crippen LogP) is 6.07. The van der Waals surface area contributed by atoms with Gasteiger partial charge in [-0.05, 0) is 77.5 Å². The standard InChI is InChI=1S/C25H20ClN3O5S/c1-28-24(30)23(35-25(28)27-18-6-10-20(33-2)11-7-18)14-17-5-12-22(21(26)13-17)34-15-16-3-8-19(9-4-16)29(31)32/h3-14H,15H2,1-2H3/b23-14+,27-25?. The number of halogens is 1. The lowest BCUT2D eigenvalue weighted by molar-refractivity contribution is -0.384. The number of benzene rings is 3. The van der Waals surface area contributed by atoms with Gasteiger partial charge in [-0.15, -0.1) is 0 Å². The summed E-state index contributed by atoms with van der Waals surface area (Å²) in [6.07, 6.45) is 1.76. The van der Waals surface area contributed by atoms with Crippen molar-refractivity contribution in [1.82, 2.24) is 4.90 Å². The molecule has 3 aromatic carbocycles. The lowest BCUT2D eigenvalue weighted by Crippen LogP contribution is -2.23. The Bertz CT molecular complexity index is 1320. The number of non-ortho nitro benzene ring substituents is 1. The Morgan fingerprint density at radius 2 is 1.83 bits per heavy atom. The Morgan fingerprint density at radius 3 is 2.46 bits per heavy atom. The zero-order valence-electron chi connectivity index (χ0n) is 18.8. The van der Waals surface area contributed by atoms with Crippen molar-refractivity contribution >= 4 is 51.9 Å². The number of aliphatic imine (C=N–C) groups is 1. The van der Waals surface area contributed by atoms with E-state index in [9.17, 15) is 14.9 Å². The molecule has 1 amide bonds. The van der Waals surface area contributed by atoms with Crippen LogP contribution in [0.3, 0.4) is 0 Å². The Hall–Kier alpha value is -3.82. The molecule has 178 valence electrons. The smallest absolute Gasteiger partial charge is 0.269 e. The van der Waals surface area contributed by atoms with Crippen LogP contribution in [-0.4, -0.2) is 35.1 Å². The van der Waals surface area contributed by atoms with E-state index in [1.807, 2.05) is 24.3 Å². The molecule has 0 bridgehead atoms. The Morgan fingerprint density at radius 1 is 1.11 bits per heavy atom. The number of amides is 1. The minimum atomic E-state index is -0.451. The van der Waals surface area contributed by atoms with E-state index in [1.54, 1.807) is 50.6 Å². The van der Waals surface area contributed by atoms with E-state index in [-0.39, 0.29) is 18.2 Å². The molecule has 3 aromatic rings. The van der Waals surface area contributed by atoms with Crippen molar-refractivity contribution in [3.63, 3.8) is 0 Å². The largest absolute Gasteiger partial charge is 0.497 e. The van der Waals surface area contributed by atoms with E-state index < -0.39 is 4.92 Å². The molecule has 1 saturated heterocycles. The maximum Gasteiger partial charge on any atom is 0.269 e. The normalized spacial score (nSPS) is 15.6. The van der Waals surface area contributed by atoms with Gasteiger partial charge in [0.2, 0.25) is 0 Å². The fourth-order valence-corrected chi connectivity index (χ4v) is 4.40. The van der Waals surface area contributed by atoms with E-state index in [2.05, 4.69) is 4.99 Å². The van der Waals surface area contributed by atoms with Crippen LogP contribution < -0.4 is 9.47 Å². The van der Waals surface area contributed by atoms with Crippen LogP contribution in [0.4, 0.5) is 11.4 Å². The van der Waals surface area contributed by atoms with Crippen molar-refractivity contribution in [3.05, 3.63) is 97.9 Å². The highest BCUT2D eigenvalue weighted by Gasteiger charge is 2.30. The lowest BCUT2D eigenvalue weighted by atomic mass is 10.2. The summed E-state index contributed by atoms with van der Waals surface area (Å²) in [6, 6.07) is 18.6. The van der Waals surface area contributed by atoms with Crippen molar-refractivity contribution < 1.29 is 19.2 Å². The molecule has 0 radical (unpaired) electrons. The van der Waals surface area contributed by atoms with Gasteiger partial charge in [0.25, 0.3) is 11.6 Å². The highest BCUT2D eigenvalue weighted by atomic mass is 35.5. The first-order chi connectivity index (χ1) is 16.8. The molecule has 1 heterocycles. The maximum atomic E-state index is 12.7. The lowest BCUT2D eigenvalue weighted by Gasteiger charge is -2.09. The number of ether oxygens (including phenoxy) is 2. The van der Waals surface area contributed by atoms with E-state index in [0.717, 1.165) is 16.9 Å². The van der Waals surface area contributed by atoms with Crippen molar-refractivity contribution in [3.8, 4) is 11.5 Å². The van der Waals surface area contributed by atoms with Gasteiger partial charge in [-0.25, -0.2) is 4.99 Å². The summed E-state index contributed by atoms with van der Waals surface area (Å²) in [5.74, 6) is 1.04.